The first-order valence-electron chi connectivity index (χ1n) is 21.9. The average Bonchev–Trinajstić information content (AvgIpc) is 3.96. The Bertz CT molecular complexity index is 2640. The number of piperidine rings is 2. The number of fused-ring (bicyclic) bond motifs is 1. The highest BCUT2D eigenvalue weighted by Gasteiger charge is 2.28. The van der Waals surface area contributed by atoms with Crippen LogP contribution in [0.4, 0.5) is 20.6 Å². The van der Waals surface area contributed by atoms with Crippen molar-refractivity contribution in [3.63, 3.8) is 0 Å². The van der Waals surface area contributed by atoms with E-state index in [2.05, 4.69) is 82.2 Å². The standard InChI is InChI=1S/C48H53FN10O4/c1-29-23-38(40(49)25-34(29)26-51-45(61)44-53-46(63-56-44)48(2,3)4)42-39-24-35(27-50-43(39)55-54-42)32-7-5-31(6-8-32)33-15-18-57(19-16-33)28-30-13-20-58(21-14-30)36-9-11-37(12-10-36)59-22-17-41(60)52-47(59)62/h5-12,23-25,27,30,33H,13-22,26,28H2,1-4H3,(H,51,61)(H,50,54,55)(H,52,60,62). The van der Waals surface area contributed by atoms with Gasteiger partial charge in [0.1, 0.15) is 11.5 Å². The van der Waals surface area contributed by atoms with E-state index in [1.165, 1.54) is 17.3 Å². The number of urea groups is 1. The molecular formula is C48H53FN10O4. The van der Waals surface area contributed by atoms with E-state index in [1.54, 1.807) is 11.0 Å². The number of aromatic amines is 1. The third-order valence-electron chi connectivity index (χ3n) is 12.8. The fourth-order valence-electron chi connectivity index (χ4n) is 9.03. The number of imide groups is 1. The largest absolute Gasteiger partial charge is 0.372 e. The van der Waals surface area contributed by atoms with Crippen LogP contribution in [0.1, 0.15) is 92.0 Å². The van der Waals surface area contributed by atoms with Crippen molar-refractivity contribution >= 4 is 40.3 Å². The van der Waals surface area contributed by atoms with E-state index in [0.29, 0.717) is 53.2 Å². The Morgan fingerprint density at radius 2 is 1.63 bits per heavy atom. The molecule has 326 valence electrons. The van der Waals surface area contributed by atoms with Crippen LogP contribution in [0.5, 0.6) is 0 Å². The molecule has 3 fully saturated rings. The van der Waals surface area contributed by atoms with Gasteiger partial charge in [-0.3, -0.25) is 24.9 Å². The molecule has 0 atom stereocenters. The molecule has 6 aromatic rings. The molecule has 0 spiro atoms. The van der Waals surface area contributed by atoms with Crippen LogP contribution in [-0.4, -0.2) is 87.3 Å². The number of carbonyl (C=O) groups is 3. The lowest BCUT2D eigenvalue weighted by Gasteiger charge is -2.38. The lowest BCUT2D eigenvalue weighted by atomic mass is 9.87. The molecule has 0 saturated carbocycles. The number of benzene rings is 3. The third-order valence-corrected chi connectivity index (χ3v) is 12.8. The molecule has 4 amide bonds. The van der Waals surface area contributed by atoms with Crippen LogP contribution >= 0.6 is 0 Å². The maximum absolute atomic E-state index is 15.8. The van der Waals surface area contributed by atoms with E-state index in [4.69, 9.17) is 4.52 Å². The third kappa shape index (κ3) is 9.06. The number of anilines is 2. The lowest BCUT2D eigenvalue weighted by Crippen LogP contribution is -2.49. The molecule has 3 aliphatic heterocycles. The van der Waals surface area contributed by atoms with Crippen molar-refractivity contribution < 1.29 is 23.3 Å². The van der Waals surface area contributed by atoms with Crippen molar-refractivity contribution in [1.82, 2.24) is 40.9 Å². The van der Waals surface area contributed by atoms with Crippen LogP contribution in [0.15, 0.2) is 77.4 Å². The number of hydrogen-bond acceptors (Lipinski definition) is 10. The Hall–Kier alpha value is -6.48. The summed E-state index contributed by atoms with van der Waals surface area (Å²) in [6, 6.07) is 21.8. The van der Waals surface area contributed by atoms with Gasteiger partial charge < -0.3 is 19.6 Å². The Labute approximate surface area is 365 Å². The first-order valence-corrected chi connectivity index (χ1v) is 21.9. The van der Waals surface area contributed by atoms with Gasteiger partial charge in [-0.1, -0.05) is 50.2 Å². The number of pyridine rings is 1. The predicted octanol–water partition coefficient (Wildman–Crippen LogP) is 7.89. The summed E-state index contributed by atoms with van der Waals surface area (Å²) in [5, 5.41) is 17.1. The molecule has 15 heteroatoms. The van der Waals surface area contributed by atoms with Gasteiger partial charge in [0.05, 0.1) is 0 Å². The van der Waals surface area contributed by atoms with Crippen molar-refractivity contribution in [2.75, 3.05) is 49.1 Å². The van der Waals surface area contributed by atoms with Gasteiger partial charge in [0, 0.05) is 78.6 Å². The zero-order chi connectivity index (χ0) is 43.8. The Morgan fingerprint density at radius 1 is 0.905 bits per heavy atom. The second-order valence-electron chi connectivity index (χ2n) is 18.2. The minimum atomic E-state index is -0.497. The van der Waals surface area contributed by atoms with Gasteiger partial charge in [-0.25, -0.2) is 14.2 Å². The number of hydrogen-bond donors (Lipinski definition) is 3. The van der Waals surface area contributed by atoms with Gasteiger partial charge >= 0.3 is 6.03 Å². The monoisotopic (exact) mass is 852 g/mol. The molecule has 9 rings (SSSR count). The quantitative estimate of drug-likeness (QED) is 0.123. The highest BCUT2D eigenvalue weighted by atomic mass is 19.1. The number of carbonyl (C=O) groups excluding carboxylic acids is 3. The number of rotatable bonds is 10. The predicted molar refractivity (Wildman–Crippen MR) is 239 cm³/mol. The maximum atomic E-state index is 15.8. The van der Waals surface area contributed by atoms with Crippen molar-refractivity contribution in [3.05, 3.63) is 107 Å². The first kappa shape index (κ1) is 41.9. The van der Waals surface area contributed by atoms with E-state index in [1.807, 2.05) is 52.1 Å². The summed E-state index contributed by atoms with van der Waals surface area (Å²) in [6.07, 6.45) is 6.72. The number of amides is 4. The number of halogens is 1. The summed E-state index contributed by atoms with van der Waals surface area (Å²) in [7, 11) is 0. The first-order chi connectivity index (χ1) is 30.4. The van der Waals surface area contributed by atoms with Crippen LogP contribution in [0.25, 0.3) is 33.4 Å². The summed E-state index contributed by atoms with van der Waals surface area (Å²) in [5.41, 5.74) is 7.72. The number of likely N-dealkylation sites (tertiary alicyclic amines) is 1. The molecule has 0 unspecified atom stereocenters. The van der Waals surface area contributed by atoms with Gasteiger partial charge in [0.25, 0.3) is 11.7 Å². The summed E-state index contributed by atoms with van der Waals surface area (Å²) in [4.78, 5) is 52.1. The number of aromatic nitrogens is 5. The topological polar surface area (TPSA) is 165 Å². The molecular weight excluding hydrogens is 800 g/mol. The molecule has 3 aromatic heterocycles. The number of H-pyrrole nitrogens is 1. The number of nitrogens with zero attached hydrogens (tertiary/aromatic N) is 7. The van der Waals surface area contributed by atoms with Gasteiger partial charge in [-0.2, -0.15) is 10.1 Å². The van der Waals surface area contributed by atoms with Gasteiger partial charge in [0.2, 0.25) is 11.8 Å². The zero-order valence-electron chi connectivity index (χ0n) is 36.2. The van der Waals surface area contributed by atoms with Crippen LogP contribution in [0.3, 0.4) is 0 Å². The van der Waals surface area contributed by atoms with E-state index in [0.717, 1.165) is 86.2 Å². The molecule has 3 N–H and O–H groups in total. The summed E-state index contributed by atoms with van der Waals surface area (Å²) < 4.78 is 21.0. The fourth-order valence-corrected chi connectivity index (χ4v) is 9.03. The van der Waals surface area contributed by atoms with Gasteiger partial charge in [-0.15, -0.1) is 0 Å². The van der Waals surface area contributed by atoms with Crippen LogP contribution in [0.2, 0.25) is 0 Å². The van der Waals surface area contributed by atoms with Crippen LogP contribution < -0.4 is 20.4 Å². The molecule has 6 heterocycles. The Morgan fingerprint density at radius 3 is 2.33 bits per heavy atom. The van der Waals surface area contributed by atoms with Crippen molar-refractivity contribution in [2.45, 2.75) is 77.7 Å². The minimum absolute atomic E-state index is 0.0632. The number of aryl methyl sites for hydroxylation is 1. The van der Waals surface area contributed by atoms with Crippen LogP contribution in [0, 0.1) is 18.7 Å². The Kier molecular flexibility index (Phi) is 11.5. The van der Waals surface area contributed by atoms with Gasteiger partial charge in [0.15, 0.2) is 5.65 Å². The summed E-state index contributed by atoms with van der Waals surface area (Å²) >= 11 is 0. The molecule has 14 nitrogen and oxygen atoms in total. The smallest absolute Gasteiger partial charge is 0.328 e. The SMILES string of the molecule is Cc1cc(-c2n[nH]c3ncc(-c4ccc(C5CCN(CC6CCN(c7ccc(N8CCC(=O)NC8=O)cc7)CC6)CC5)cc4)cc23)c(F)cc1CNC(=O)c1noc(C(C)(C)C)n1. The van der Waals surface area contributed by atoms with Gasteiger partial charge in [-0.05, 0) is 122 Å². The average molecular weight is 853 g/mol. The molecule has 3 aliphatic rings. The molecule has 0 aliphatic carbocycles. The normalized spacial score (nSPS) is 17.1. The van der Waals surface area contributed by atoms with E-state index >= 15 is 4.39 Å². The van der Waals surface area contributed by atoms with Crippen LogP contribution in [-0.2, 0) is 16.8 Å². The van der Waals surface area contributed by atoms with Crippen molar-refractivity contribution in [2.24, 2.45) is 5.92 Å². The number of nitrogens with one attached hydrogen (secondary N) is 3. The summed E-state index contributed by atoms with van der Waals surface area (Å²) in [6.45, 7) is 13.5. The lowest BCUT2D eigenvalue weighted by molar-refractivity contribution is -0.120. The van der Waals surface area contributed by atoms with Crippen molar-refractivity contribution in [1.29, 1.82) is 0 Å². The van der Waals surface area contributed by atoms with E-state index in [-0.39, 0.29) is 29.7 Å². The molecule has 3 aromatic carbocycles. The van der Waals surface area contributed by atoms with E-state index in [9.17, 15) is 14.4 Å². The fraction of sp³-hybridized carbons (Fsp3) is 0.396. The highest BCUT2D eigenvalue weighted by molar-refractivity contribution is 6.05. The maximum Gasteiger partial charge on any atom is 0.328 e. The second kappa shape index (κ2) is 17.4. The zero-order valence-corrected chi connectivity index (χ0v) is 36.2. The molecule has 0 radical (unpaired) electrons. The Balaban J connectivity index is 0.771. The van der Waals surface area contributed by atoms with Crippen molar-refractivity contribution in [3.8, 4) is 22.4 Å². The van der Waals surface area contributed by atoms with E-state index < -0.39 is 11.7 Å². The molecule has 0 bridgehead atoms. The molecule has 63 heavy (non-hydrogen) atoms. The molecule has 3 saturated heterocycles. The second-order valence-corrected chi connectivity index (χ2v) is 18.2. The minimum Gasteiger partial charge on any atom is -0.372 e. The highest BCUT2D eigenvalue weighted by Crippen LogP contribution is 2.35. The summed E-state index contributed by atoms with van der Waals surface area (Å²) in [5.74, 6) is 0.321.